The lowest BCUT2D eigenvalue weighted by molar-refractivity contribution is -0.275. The van der Waals surface area contributed by atoms with Crippen LogP contribution >= 0.6 is 0 Å². The number of ether oxygens (including phenoxy) is 1. The normalized spacial score (nSPS) is 21.3. The van der Waals surface area contributed by atoms with Gasteiger partial charge >= 0.3 is 6.36 Å². The fourth-order valence-electron chi connectivity index (χ4n) is 5.25. The molecule has 0 aliphatic heterocycles. The first-order valence-electron chi connectivity index (χ1n) is 11.7. The van der Waals surface area contributed by atoms with Crippen LogP contribution in [0, 0.1) is 5.92 Å². The number of nitrogens with zero attached hydrogens (tertiary/aromatic N) is 1. The molecule has 9 heteroatoms. The Morgan fingerprint density at radius 1 is 1.09 bits per heavy atom. The monoisotopic (exact) mass is 486 g/mol. The molecule has 35 heavy (non-hydrogen) atoms. The predicted molar refractivity (Wildman–Crippen MR) is 120 cm³/mol. The maximum atomic E-state index is 13.4. The van der Waals surface area contributed by atoms with Gasteiger partial charge in [-0.2, -0.15) is 0 Å². The Labute approximate surface area is 200 Å². The fraction of sp³-hybridized carbons (Fsp3) is 0.385. The number of carbonyl (C=O) groups is 1. The summed E-state index contributed by atoms with van der Waals surface area (Å²) in [5, 5.41) is 17.7. The molecule has 0 radical (unpaired) electrons. The number of aromatic nitrogens is 1. The summed E-state index contributed by atoms with van der Waals surface area (Å²) in [6.45, 7) is 0. The lowest BCUT2D eigenvalue weighted by Crippen LogP contribution is -2.52. The molecule has 2 aliphatic rings. The van der Waals surface area contributed by atoms with E-state index in [2.05, 4.69) is 15.2 Å². The molecule has 0 saturated heterocycles. The molecule has 0 spiro atoms. The van der Waals surface area contributed by atoms with Crippen LogP contribution < -0.4 is 10.1 Å². The largest absolute Gasteiger partial charge is 0.573 e. The number of hydrogen-bond donors (Lipinski definition) is 2. The van der Waals surface area contributed by atoms with Gasteiger partial charge < -0.3 is 19.7 Å². The molecule has 2 unspecified atom stereocenters. The molecule has 1 heterocycles. The highest BCUT2D eigenvalue weighted by molar-refractivity contribution is 5.81. The number of amides is 1. The summed E-state index contributed by atoms with van der Waals surface area (Å²) in [6.07, 6.45) is 0.202. The third-order valence-corrected chi connectivity index (χ3v) is 7.15. The number of nitrogens with one attached hydrogen (secondary N) is 1. The molecule has 2 atom stereocenters. The number of para-hydroxylation sites is 1. The van der Waals surface area contributed by atoms with E-state index in [4.69, 9.17) is 4.52 Å². The van der Waals surface area contributed by atoms with Crippen LogP contribution in [0.4, 0.5) is 13.2 Å². The Bertz CT molecular complexity index is 1200. The minimum atomic E-state index is -4.94. The van der Waals surface area contributed by atoms with Crippen LogP contribution in [-0.4, -0.2) is 22.5 Å². The first-order valence-corrected chi connectivity index (χ1v) is 11.7. The van der Waals surface area contributed by atoms with Gasteiger partial charge in [-0.3, -0.25) is 4.79 Å². The van der Waals surface area contributed by atoms with Crippen molar-refractivity contribution in [2.75, 3.05) is 0 Å². The average molecular weight is 486 g/mol. The zero-order valence-corrected chi connectivity index (χ0v) is 18.8. The maximum absolute atomic E-state index is 13.4. The summed E-state index contributed by atoms with van der Waals surface area (Å²) in [5.41, 5.74) is 1.34. The second kappa shape index (κ2) is 8.94. The van der Waals surface area contributed by atoms with Gasteiger partial charge in [0.1, 0.15) is 0 Å². The molecule has 2 fully saturated rings. The molecule has 1 amide bonds. The van der Waals surface area contributed by atoms with Crippen LogP contribution in [0.3, 0.4) is 0 Å². The van der Waals surface area contributed by atoms with Gasteiger partial charge in [0.05, 0.1) is 16.8 Å². The van der Waals surface area contributed by atoms with Crippen molar-refractivity contribution in [3.63, 3.8) is 0 Å². The van der Waals surface area contributed by atoms with Gasteiger partial charge in [-0.05, 0) is 49.8 Å². The van der Waals surface area contributed by atoms with Gasteiger partial charge in [0.2, 0.25) is 5.91 Å². The van der Waals surface area contributed by atoms with Crippen molar-refractivity contribution in [1.82, 2.24) is 10.5 Å². The van der Waals surface area contributed by atoms with E-state index < -0.39 is 17.9 Å². The highest BCUT2D eigenvalue weighted by Gasteiger charge is 2.44. The molecule has 2 N–H and O–H groups in total. The molecule has 2 aliphatic carbocycles. The summed E-state index contributed by atoms with van der Waals surface area (Å²) < 4.78 is 47.2. The van der Waals surface area contributed by atoms with E-state index in [-0.39, 0.29) is 34.6 Å². The van der Waals surface area contributed by atoms with E-state index >= 15 is 0 Å². The van der Waals surface area contributed by atoms with Gasteiger partial charge in [-0.25, -0.2) is 0 Å². The van der Waals surface area contributed by atoms with Crippen molar-refractivity contribution in [2.24, 2.45) is 5.92 Å². The molecular formula is C26H25F3N2O4. The fourth-order valence-corrected chi connectivity index (χ4v) is 5.25. The number of benzene rings is 2. The van der Waals surface area contributed by atoms with Gasteiger partial charge in [0.25, 0.3) is 0 Å². The van der Waals surface area contributed by atoms with E-state index in [0.717, 1.165) is 43.7 Å². The second-order valence-electron chi connectivity index (χ2n) is 9.25. The first kappa shape index (κ1) is 23.3. The van der Waals surface area contributed by atoms with Crippen LogP contribution in [0.5, 0.6) is 11.5 Å². The quantitative estimate of drug-likeness (QED) is 0.445. The molecule has 1 aromatic heterocycles. The minimum absolute atomic E-state index is 0.0241. The number of aromatic hydroxyl groups is 1. The zero-order valence-electron chi connectivity index (χ0n) is 18.8. The molecule has 6 nitrogen and oxygen atoms in total. The van der Waals surface area contributed by atoms with Crippen molar-refractivity contribution in [1.29, 1.82) is 0 Å². The number of alkyl halides is 3. The predicted octanol–water partition coefficient (Wildman–Crippen LogP) is 6.03. The Hall–Kier alpha value is -3.49. The Morgan fingerprint density at radius 3 is 2.54 bits per heavy atom. The Balaban J connectivity index is 1.35. The van der Waals surface area contributed by atoms with Gasteiger partial charge in [0, 0.05) is 17.9 Å². The number of carbonyl (C=O) groups excluding carboxylic acids is 1. The highest BCUT2D eigenvalue weighted by Crippen LogP contribution is 2.45. The van der Waals surface area contributed by atoms with Crippen molar-refractivity contribution in [2.45, 2.75) is 56.3 Å². The van der Waals surface area contributed by atoms with E-state index in [1.165, 1.54) is 12.1 Å². The summed E-state index contributed by atoms with van der Waals surface area (Å²) >= 11 is 0. The molecule has 2 aromatic carbocycles. The number of hydrogen-bond acceptors (Lipinski definition) is 5. The van der Waals surface area contributed by atoms with Crippen molar-refractivity contribution >= 4 is 5.91 Å². The number of phenolic OH excluding ortho intramolecular Hbond substituents is 1. The molecule has 0 bridgehead atoms. The summed E-state index contributed by atoms with van der Waals surface area (Å²) in [6, 6.07) is 15.3. The smallest absolute Gasteiger partial charge is 0.504 e. The topological polar surface area (TPSA) is 84.6 Å². The van der Waals surface area contributed by atoms with Crippen molar-refractivity contribution in [3.8, 4) is 22.8 Å². The lowest BCUT2D eigenvalue weighted by atomic mass is 9.71. The third-order valence-electron chi connectivity index (χ3n) is 7.15. The Morgan fingerprint density at radius 2 is 1.86 bits per heavy atom. The summed E-state index contributed by atoms with van der Waals surface area (Å²) in [7, 11) is 0. The molecule has 3 aromatic rings. The molecule has 2 saturated carbocycles. The Kier molecular flexibility index (Phi) is 5.94. The maximum Gasteiger partial charge on any atom is 0.573 e. The van der Waals surface area contributed by atoms with Crippen LogP contribution in [0.2, 0.25) is 0 Å². The lowest BCUT2D eigenvalue weighted by Gasteiger charge is -2.44. The van der Waals surface area contributed by atoms with E-state index in [9.17, 15) is 23.1 Å². The van der Waals surface area contributed by atoms with Crippen molar-refractivity contribution in [3.05, 3.63) is 65.9 Å². The highest BCUT2D eigenvalue weighted by atomic mass is 19.4. The van der Waals surface area contributed by atoms with Crippen molar-refractivity contribution < 1.29 is 32.3 Å². The van der Waals surface area contributed by atoms with E-state index in [0.29, 0.717) is 12.1 Å². The van der Waals surface area contributed by atoms with Crippen LogP contribution in [0.25, 0.3) is 11.3 Å². The standard InChI is InChI=1S/C26H25F3N2O4/c27-26(28,29)34-21-12-5-11-19(23(21)32)22-15-20(31-35-22)17-9-4-10-18(17)24(33)30-25(13-6-14-25)16-7-2-1-3-8-16/h1-3,5,7-8,11-12,15,17-18,32H,4,6,9-10,13-14H2,(H,30,33). The minimum Gasteiger partial charge on any atom is -0.504 e. The summed E-state index contributed by atoms with van der Waals surface area (Å²) in [4.78, 5) is 13.4. The number of halogens is 3. The van der Waals surface area contributed by atoms with Crippen LogP contribution in [0.1, 0.15) is 55.7 Å². The summed E-state index contributed by atoms with van der Waals surface area (Å²) in [5.74, 6) is -1.81. The molecular weight excluding hydrogens is 461 g/mol. The number of phenols is 1. The van der Waals surface area contributed by atoms with Crippen LogP contribution in [-0.2, 0) is 10.3 Å². The second-order valence-corrected chi connectivity index (χ2v) is 9.25. The van der Waals surface area contributed by atoms with Gasteiger partial charge in [-0.1, -0.05) is 48.0 Å². The van der Waals surface area contributed by atoms with Gasteiger partial charge in [0.15, 0.2) is 17.3 Å². The molecule has 184 valence electrons. The first-order chi connectivity index (χ1) is 16.8. The molecule has 5 rings (SSSR count). The number of rotatable bonds is 6. The zero-order chi connectivity index (χ0) is 24.6. The average Bonchev–Trinajstić information content (AvgIpc) is 3.47. The third kappa shape index (κ3) is 4.59. The van der Waals surface area contributed by atoms with Gasteiger partial charge in [-0.15, -0.1) is 13.2 Å². The van der Waals surface area contributed by atoms with E-state index in [1.54, 1.807) is 6.07 Å². The SMILES string of the molecule is O=C(NC1(c2ccccc2)CCC1)C1CCCC1c1cc(-c2cccc(OC(F)(F)F)c2O)on1. The van der Waals surface area contributed by atoms with E-state index in [1.807, 2.05) is 30.3 Å². The van der Waals surface area contributed by atoms with Crippen LogP contribution in [0.15, 0.2) is 59.1 Å².